The van der Waals surface area contributed by atoms with E-state index in [1.807, 2.05) is 0 Å². The quantitative estimate of drug-likeness (QED) is 0.214. The summed E-state index contributed by atoms with van der Waals surface area (Å²) in [6.45, 7) is 3.61. The third-order valence-corrected chi connectivity index (χ3v) is 4.34. The van der Waals surface area contributed by atoms with Gasteiger partial charge in [-0.2, -0.15) is 0 Å². The van der Waals surface area contributed by atoms with Gasteiger partial charge in [-0.05, 0) is 38.5 Å². The van der Waals surface area contributed by atoms with Crippen molar-refractivity contribution < 1.29 is 21.5 Å². The van der Waals surface area contributed by atoms with Crippen LogP contribution in [0.2, 0.25) is 0 Å². The highest BCUT2D eigenvalue weighted by Crippen LogP contribution is 2.10. The molecule has 0 atom stereocenters. The van der Waals surface area contributed by atoms with Gasteiger partial charge in [0.05, 0.1) is 27.7 Å². The number of halogens is 1. The van der Waals surface area contributed by atoms with Crippen LogP contribution in [-0.2, 0) is 0 Å². The monoisotopic (exact) mass is 389 g/mol. The predicted molar refractivity (Wildman–Crippen MR) is 102 cm³/mol. The van der Waals surface area contributed by atoms with E-state index in [9.17, 15) is 0 Å². The van der Waals surface area contributed by atoms with Crippen molar-refractivity contribution in [3.8, 4) is 0 Å². The zero-order valence-electron chi connectivity index (χ0n) is 16.6. The molecule has 0 aliphatic rings. The fourth-order valence-corrected chi connectivity index (χ4v) is 2.83. The van der Waals surface area contributed by atoms with Crippen molar-refractivity contribution in [1.29, 1.82) is 0 Å². The van der Waals surface area contributed by atoms with E-state index in [-0.39, 0.29) is 17.0 Å². The van der Waals surface area contributed by atoms with Crippen molar-refractivity contribution in [3.63, 3.8) is 0 Å². The van der Waals surface area contributed by atoms with Crippen molar-refractivity contribution in [2.75, 3.05) is 27.7 Å². The van der Waals surface area contributed by atoms with E-state index in [1.54, 1.807) is 0 Å². The molecular formula is C21H44BrN. The fraction of sp³-hybridized carbons (Fsp3) is 0.905. The molecule has 0 unspecified atom stereocenters. The molecule has 0 saturated heterocycles. The Kier molecular flexibility index (Phi) is 20.5. The van der Waals surface area contributed by atoms with Crippen LogP contribution >= 0.6 is 0 Å². The van der Waals surface area contributed by atoms with Gasteiger partial charge in [0.2, 0.25) is 0 Å². The highest BCUT2D eigenvalue weighted by atomic mass is 79.9. The molecule has 0 radical (unpaired) electrons. The lowest BCUT2D eigenvalue weighted by Gasteiger charge is -2.23. The third kappa shape index (κ3) is 24.6. The molecule has 0 aliphatic heterocycles. The third-order valence-electron chi connectivity index (χ3n) is 4.34. The molecule has 0 heterocycles. The van der Waals surface area contributed by atoms with Gasteiger partial charge >= 0.3 is 0 Å². The van der Waals surface area contributed by atoms with E-state index >= 15 is 0 Å². The first kappa shape index (κ1) is 25.4. The largest absolute Gasteiger partial charge is 1.00 e. The Hall–Kier alpha value is 0.180. The number of hydrogen-bond donors (Lipinski definition) is 0. The molecule has 0 aromatic rings. The lowest BCUT2D eigenvalue weighted by Crippen LogP contribution is -3.00. The van der Waals surface area contributed by atoms with Crippen molar-refractivity contribution in [1.82, 2.24) is 0 Å². The van der Waals surface area contributed by atoms with Crippen LogP contribution < -0.4 is 17.0 Å². The number of nitrogens with zero attached hydrogens (tertiary/aromatic N) is 1. The number of hydrogen-bond acceptors (Lipinski definition) is 0. The fourth-order valence-electron chi connectivity index (χ4n) is 2.83. The van der Waals surface area contributed by atoms with Gasteiger partial charge in [0.1, 0.15) is 0 Å². The molecule has 0 rings (SSSR count). The molecule has 0 amide bonds. The Bertz CT molecular complexity index is 243. The van der Waals surface area contributed by atoms with Gasteiger partial charge in [-0.15, -0.1) is 0 Å². The van der Waals surface area contributed by atoms with Crippen LogP contribution in [0.3, 0.4) is 0 Å². The van der Waals surface area contributed by atoms with Gasteiger partial charge in [-0.3, -0.25) is 0 Å². The Morgan fingerprint density at radius 2 is 0.957 bits per heavy atom. The Labute approximate surface area is 158 Å². The van der Waals surface area contributed by atoms with Gasteiger partial charge in [0.25, 0.3) is 0 Å². The normalized spacial score (nSPS) is 11.8. The first-order valence-electron chi connectivity index (χ1n) is 10.0. The Balaban J connectivity index is 0. The summed E-state index contributed by atoms with van der Waals surface area (Å²) in [6.07, 6.45) is 24.4. The maximum atomic E-state index is 2.42. The van der Waals surface area contributed by atoms with Crippen LogP contribution in [0.1, 0.15) is 96.8 Å². The van der Waals surface area contributed by atoms with Crippen molar-refractivity contribution in [2.45, 2.75) is 96.8 Å². The highest BCUT2D eigenvalue weighted by molar-refractivity contribution is 4.81. The maximum absolute atomic E-state index is 2.42. The van der Waals surface area contributed by atoms with E-state index in [1.165, 1.54) is 96.4 Å². The summed E-state index contributed by atoms with van der Waals surface area (Å²) in [5, 5.41) is 0. The Morgan fingerprint density at radius 3 is 1.39 bits per heavy atom. The predicted octanol–water partition coefficient (Wildman–Crippen LogP) is 3.73. The minimum Gasteiger partial charge on any atom is -1.00 e. The maximum Gasteiger partial charge on any atom is 0.0780 e. The van der Waals surface area contributed by atoms with Crippen LogP contribution in [-0.4, -0.2) is 32.2 Å². The van der Waals surface area contributed by atoms with E-state index in [4.69, 9.17) is 0 Å². The van der Waals surface area contributed by atoms with Crippen molar-refractivity contribution in [2.24, 2.45) is 0 Å². The smallest absolute Gasteiger partial charge is 0.0780 e. The summed E-state index contributed by atoms with van der Waals surface area (Å²) in [5.74, 6) is 0. The van der Waals surface area contributed by atoms with Crippen LogP contribution in [0.15, 0.2) is 12.2 Å². The molecular weight excluding hydrogens is 346 g/mol. The SMILES string of the molecule is CCCCCCCCC=CCCCCCCCC[N+](C)(C)C.[Br-]. The highest BCUT2D eigenvalue weighted by Gasteiger charge is 2.04. The molecule has 0 saturated carbocycles. The van der Waals surface area contributed by atoms with Gasteiger partial charge in [-0.25, -0.2) is 0 Å². The summed E-state index contributed by atoms with van der Waals surface area (Å²) in [4.78, 5) is 0. The van der Waals surface area contributed by atoms with E-state index in [0.717, 1.165) is 4.48 Å². The Morgan fingerprint density at radius 1 is 0.565 bits per heavy atom. The lowest BCUT2D eigenvalue weighted by atomic mass is 10.1. The van der Waals surface area contributed by atoms with Gasteiger partial charge in [0, 0.05) is 0 Å². The summed E-state index contributed by atoms with van der Waals surface area (Å²) < 4.78 is 1.11. The van der Waals surface area contributed by atoms with Crippen molar-refractivity contribution >= 4 is 0 Å². The second kappa shape index (κ2) is 18.5. The minimum absolute atomic E-state index is 0. The minimum atomic E-state index is 0. The average Bonchev–Trinajstić information content (AvgIpc) is 2.45. The zero-order chi connectivity index (χ0) is 16.5. The van der Waals surface area contributed by atoms with Crippen LogP contribution in [0.4, 0.5) is 0 Å². The van der Waals surface area contributed by atoms with Crippen LogP contribution in [0.25, 0.3) is 0 Å². The summed E-state index contributed by atoms with van der Waals surface area (Å²) >= 11 is 0. The second-order valence-electron chi connectivity index (χ2n) is 7.95. The molecule has 0 fully saturated rings. The second-order valence-corrected chi connectivity index (χ2v) is 7.95. The first-order valence-corrected chi connectivity index (χ1v) is 10.0. The van der Waals surface area contributed by atoms with E-state index in [2.05, 4.69) is 40.2 Å². The van der Waals surface area contributed by atoms with Crippen LogP contribution in [0, 0.1) is 0 Å². The first-order chi connectivity index (χ1) is 10.6. The zero-order valence-corrected chi connectivity index (χ0v) is 18.2. The lowest BCUT2D eigenvalue weighted by molar-refractivity contribution is -0.870. The number of unbranched alkanes of at least 4 members (excludes halogenated alkanes) is 12. The molecule has 2 heteroatoms. The molecule has 0 aliphatic carbocycles. The molecule has 0 spiro atoms. The summed E-state index contributed by atoms with van der Waals surface area (Å²) in [5.41, 5.74) is 0. The molecule has 140 valence electrons. The summed E-state index contributed by atoms with van der Waals surface area (Å²) in [6, 6.07) is 0. The van der Waals surface area contributed by atoms with E-state index < -0.39 is 0 Å². The molecule has 0 aromatic heterocycles. The number of quaternary nitrogens is 1. The van der Waals surface area contributed by atoms with Gasteiger partial charge < -0.3 is 21.5 Å². The number of rotatable bonds is 16. The molecule has 0 bridgehead atoms. The van der Waals surface area contributed by atoms with Crippen LogP contribution in [0.5, 0.6) is 0 Å². The summed E-state index contributed by atoms with van der Waals surface area (Å²) in [7, 11) is 6.87. The topological polar surface area (TPSA) is 0 Å². The molecule has 1 nitrogen and oxygen atoms in total. The molecule has 0 N–H and O–H groups in total. The molecule has 0 aromatic carbocycles. The van der Waals surface area contributed by atoms with Crippen molar-refractivity contribution in [3.05, 3.63) is 12.2 Å². The molecule has 23 heavy (non-hydrogen) atoms. The number of allylic oxidation sites excluding steroid dienone is 2. The average molecular weight is 390 g/mol. The van der Waals surface area contributed by atoms with Gasteiger partial charge in [-0.1, -0.05) is 70.4 Å². The van der Waals surface area contributed by atoms with Gasteiger partial charge in [0.15, 0.2) is 0 Å². The standard InChI is InChI=1S/C21H44N.BrH/c1-5-6-7-8-9-10-11-12-13-14-15-16-17-18-19-20-21-22(2,3)4;/h12-13H,5-11,14-21H2,1-4H3;1H/q+1;/p-1. The van der Waals surface area contributed by atoms with E-state index in [0.29, 0.717) is 0 Å².